The number of phosphoric ester groups is 1. The second-order valence-electron chi connectivity index (χ2n) is 8.55. The van der Waals surface area contributed by atoms with Gasteiger partial charge in [-0.25, -0.2) is 13.5 Å². The molecular weight excluding hydrogens is 561 g/mol. The number of aliphatic hydroxyl groups is 2. The predicted molar refractivity (Wildman–Crippen MR) is 124 cm³/mol. The number of anilines is 1. The lowest BCUT2D eigenvalue weighted by Crippen LogP contribution is -2.46. The highest BCUT2D eigenvalue weighted by Gasteiger charge is 2.48. The molecule has 1 unspecified atom stereocenters. The molecule has 214 valence electrons. The number of pyridine rings is 1. The first-order valence-electron chi connectivity index (χ1n) is 11.5. The number of hydrogen-bond donors (Lipinski definition) is 4. The van der Waals surface area contributed by atoms with E-state index in [9.17, 15) is 38.0 Å². The van der Waals surface area contributed by atoms with Crippen molar-refractivity contribution >= 4 is 25.3 Å². The van der Waals surface area contributed by atoms with Gasteiger partial charge in [0.2, 0.25) is 5.91 Å². The molecule has 15 nitrogen and oxygen atoms in total. The van der Waals surface area contributed by atoms with Crippen LogP contribution in [-0.2, 0) is 36.3 Å². The van der Waals surface area contributed by atoms with Crippen molar-refractivity contribution < 1.29 is 56.4 Å². The maximum Gasteiger partial charge on any atom is 0.292 e. The van der Waals surface area contributed by atoms with Gasteiger partial charge in [-0.15, -0.1) is 5.10 Å². The van der Waals surface area contributed by atoms with E-state index >= 15 is 0 Å². The summed E-state index contributed by atoms with van der Waals surface area (Å²) in [6, 6.07) is 5.53. The Hall–Kier alpha value is -3.70. The number of nitrogens with two attached hydrogens (primary N) is 1. The van der Waals surface area contributed by atoms with E-state index in [2.05, 4.69) is 15.6 Å². The van der Waals surface area contributed by atoms with Gasteiger partial charge in [0.1, 0.15) is 48.3 Å². The maximum atomic E-state index is 13.7. The molecular formula is C22H23F2N6O9P. The predicted octanol–water partition coefficient (Wildman–Crippen LogP) is -1.10. The molecule has 1 aromatic carbocycles. The SMILES string of the molecule is NC(=O)c1ccc[n+]([C@@H]2O[C@H](COP(=O)([O-])OCc3cn(CC(=O)Nc4ccc(F)cc4F)nn3)[C@@H](O)[C@H]2O)c1. The van der Waals surface area contributed by atoms with Crippen LogP contribution in [0.5, 0.6) is 0 Å². The van der Waals surface area contributed by atoms with Crippen molar-refractivity contribution in [3.8, 4) is 0 Å². The smallest absolute Gasteiger partial charge is 0.292 e. The number of ether oxygens (including phenoxy) is 1. The van der Waals surface area contributed by atoms with Crippen LogP contribution in [0.2, 0.25) is 0 Å². The normalized spacial score (nSPS) is 22.1. The van der Waals surface area contributed by atoms with E-state index in [1.165, 1.54) is 35.3 Å². The molecule has 0 saturated carbocycles. The Morgan fingerprint density at radius 1 is 1.25 bits per heavy atom. The number of rotatable bonds is 11. The van der Waals surface area contributed by atoms with Gasteiger partial charge in [0.05, 0.1) is 18.5 Å². The van der Waals surface area contributed by atoms with Crippen LogP contribution >= 0.6 is 7.82 Å². The molecule has 18 heteroatoms. The Kier molecular flexibility index (Phi) is 8.95. The Morgan fingerprint density at radius 3 is 2.75 bits per heavy atom. The number of hydrogen-bond acceptors (Lipinski definition) is 11. The molecule has 1 aliphatic heterocycles. The number of aromatic nitrogens is 4. The zero-order valence-corrected chi connectivity index (χ0v) is 21.3. The number of carbonyl (C=O) groups is 2. The quantitative estimate of drug-likeness (QED) is 0.157. The monoisotopic (exact) mass is 584 g/mol. The summed E-state index contributed by atoms with van der Waals surface area (Å²) < 4.78 is 56.2. The van der Waals surface area contributed by atoms with E-state index < -0.39 is 75.6 Å². The maximum absolute atomic E-state index is 13.7. The summed E-state index contributed by atoms with van der Waals surface area (Å²) in [6.45, 7) is -1.75. The van der Waals surface area contributed by atoms with Gasteiger partial charge in [-0.3, -0.25) is 14.2 Å². The van der Waals surface area contributed by atoms with E-state index in [0.717, 1.165) is 16.8 Å². The first kappa shape index (κ1) is 29.3. The van der Waals surface area contributed by atoms with Crippen LogP contribution in [0.1, 0.15) is 22.3 Å². The van der Waals surface area contributed by atoms with Crippen LogP contribution in [0.25, 0.3) is 0 Å². The fraction of sp³-hybridized carbons (Fsp3) is 0.318. The first-order valence-corrected chi connectivity index (χ1v) is 12.9. The average Bonchev–Trinajstić information content (AvgIpc) is 3.47. The molecule has 1 aliphatic rings. The van der Waals surface area contributed by atoms with Gasteiger partial charge >= 0.3 is 0 Å². The van der Waals surface area contributed by atoms with Gasteiger partial charge < -0.3 is 39.9 Å². The molecule has 2 aromatic heterocycles. The third-order valence-corrected chi connectivity index (χ3v) is 6.51. The van der Waals surface area contributed by atoms with Gasteiger partial charge in [-0.1, -0.05) is 5.21 Å². The second kappa shape index (κ2) is 12.2. The number of aliphatic hydroxyl groups excluding tert-OH is 2. The van der Waals surface area contributed by atoms with E-state index in [-0.39, 0.29) is 16.9 Å². The third kappa shape index (κ3) is 7.28. The number of phosphoric acid groups is 1. The molecule has 3 aromatic rings. The van der Waals surface area contributed by atoms with Gasteiger partial charge in [-0.2, -0.15) is 4.57 Å². The van der Waals surface area contributed by atoms with Crippen LogP contribution in [0, 0.1) is 11.6 Å². The second-order valence-corrected chi connectivity index (χ2v) is 9.96. The van der Waals surface area contributed by atoms with Crippen molar-refractivity contribution in [1.82, 2.24) is 15.0 Å². The van der Waals surface area contributed by atoms with Gasteiger partial charge in [0.15, 0.2) is 18.5 Å². The zero-order valence-electron chi connectivity index (χ0n) is 20.4. The number of carbonyl (C=O) groups excluding carboxylic acids is 2. The summed E-state index contributed by atoms with van der Waals surface area (Å²) in [7, 11) is -4.96. The summed E-state index contributed by atoms with van der Waals surface area (Å²) in [4.78, 5) is 35.7. The topological polar surface area (TPSA) is 215 Å². The minimum absolute atomic E-state index is 0.00110. The Balaban J connectivity index is 1.26. The molecule has 0 aliphatic carbocycles. The molecule has 1 fully saturated rings. The van der Waals surface area contributed by atoms with Crippen molar-refractivity contribution in [3.63, 3.8) is 0 Å². The van der Waals surface area contributed by atoms with Gasteiger partial charge in [-0.05, 0) is 18.2 Å². The number of halogens is 2. The average molecular weight is 584 g/mol. The van der Waals surface area contributed by atoms with Crippen LogP contribution in [0.15, 0.2) is 48.9 Å². The fourth-order valence-corrected chi connectivity index (χ4v) is 4.36. The van der Waals surface area contributed by atoms with Crippen molar-refractivity contribution in [2.75, 3.05) is 11.9 Å². The van der Waals surface area contributed by atoms with E-state index in [1.807, 2.05) is 0 Å². The Bertz CT molecular complexity index is 1440. The molecule has 0 radical (unpaired) electrons. The standard InChI is InChI=1S/C22H23F2N6O9P/c23-13-3-4-16(15(24)6-13)26-18(31)9-30-8-14(27-28-30)10-37-40(35,36)38-11-17-19(32)20(33)22(39-17)29-5-1-2-12(7-29)21(25)34/h1-8,17,19-20,22,32-33H,9-11H2,(H3-,25,26,31,34,35,36)/t17-,19-,20-,22-/m1/s1. The number of amides is 2. The molecule has 5 N–H and O–H groups in total. The lowest BCUT2D eigenvalue weighted by Gasteiger charge is -2.24. The molecule has 1 saturated heterocycles. The molecule has 3 heterocycles. The summed E-state index contributed by atoms with van der Waals surface area (Å²) in [5.41, 5.74) is 5.11. The summed E-state index contributed by atoms with van der Waals surface area (Å²) in [6.07, 6.45) is -1.52. The first-order chi connectivity index (χ1) is 18.9. The fourth-order valence-electron chi connectivity index (χ4n) is 3.67. The van der Waals surface area contributed by atoms with Gasteiger partial charge in [0.25, 0.3) is 20.0 Å². The minimum Gasteiger partial charge on any atom is -0.756 e. The Morgan fingerprint density at radius 2 is 2.02 bits per heavy atom. The highest BCUT2D eigenvalue weighted by molar-refractivity contribution is 7.45. The van der Waals surface area contributed by atoms with Crippen LogP contribution in [0.3, 0.4) is 0 Å². The highest BCUT2D eigenvalue weighted by atomic mass is 31.2. The van der Waals surface area contributed by atoms with Crippen LogP contribution in [-0.4, -0.2) is 61.9 Å². The summed E-state index contributed by atoms with van der Waals surface area (Å²) >= 11 is 0. The lowest BCUT2D eigenvalue weighted by atomic mass is 10.1. The third-order valence-electron chi connectivity index (χ3n) is 5.60. The van der Waals surface area contributed by atoms with Crippen molar-refractivity contribution in [1.29, 1.82) is 0 Å². The van der Waals surface area contributed by atoms with Crippen molar-refractivity contribution in [3.05, 3.63) is 71.8 Å². The van der Waals surface area contributed by atoms with Crippen LogP contribution < -0.4 is 20.5 Å². The van der Waals surface area contributed by atoms with E-state index in [1.54, 1.807) is 0 Å². The number of benzene rings is 1. The molecule has 0 bridgehead atoms. The lowest BCUT2D eigenvalue weighted by molar-refractivity contribution is -0.765. The summed E-state index contributed by atoms with van der Waals surface area (Å²) in [5, 5.41) is 30.2. The largest absolute Gasteiger partial charge is 0.756 e. The van der Waals surface area contributed by atoms with Crippen LogP contribution in [0.4, 0.5) is 14.5 Å². The highest BCUT2D eigenvalue weighted by Crippen LogP contribution is 2.40. The number of nitrogens with one attached hydrogen (secondary N) is 1. The van der Waals surface area contributed by atoms with Crippen molar-refractivity contribution in [2.24, 2.45) is 5.73 Å². The number of nitrogens with zero attached hydrogens (tertiary/aromatic N) is 4. The van der Waals surface area contributed by atoms with E-state index in [4.69, 9.17) is 19.5 Å². The van der Waals surface area contributed by atoms with E-state index in [0.29, 0.717) is 6.07 Å². The minimum atomic E-state index is -4.96. The van der Waals surface area contributed by atoms with Crippen molar-refractivity contribution in [2.45, 2.75) is 37.7 Å². The molecule has 4 rings (SSSR count). The molecule has 2 amide bonds. The summed E-state index contributed by atoms with van der Waals surface area (Å²) in [5.74, 6) is -3.22. The molecule has 5 atom stereocenters. The number of primary amides is 1. The van der Waals surface area contributed by atoms with Gasteiger partial charge in [0, 0.05) is 12.1 Å². The molecule has 0 spiro atoms. The molecule has 40 heavy (non-hydrogen) atoms. The Labute approximate surface area is 224 Å². The zero-order chi connectivity index (χ0) is 29.0.